The standard InChI is InChI=1S/C7H11NO2/c8-10-7(9)6-4-2-1-3-5-6/h1-2,6H,3-5,8H2/t6-/m1/s1. The SMILES string of the molecule is NOC(=O)[C@@H]1CC=CCC1. The fourth-order valence-electron chi connectivity index (χ4n) is 1.10. The third-order valence-corrected chi connectivity index (χ3v) is 1.72. The van der Waals surface area contributed by atoms with Crippen molar-refractivity contribution < 1.29 is 9.63 Å². The van der Waals surface area contributed by atoms with Crippen molar-refractivity contribution in [1.29, 1.82) is 0 Å². The van der Waals surface area contributed by atoms with E-state index < -0.39 is 0 Å². The summed E-state index contributed by atoms with van der Waals surface area (Å²) in [4.78, 5) is 14.9. The quantitative estimate of drug-likeness (QED) is 0.433. The molecule has 0 saturated heterocycles. The summed E-state index contributed by atoms with van der Waals surface area (Å²) in [5.74, 6) is 4.44. The van der Waals surface area contributed by atoms with Crippen molar-refractivity contribution in [2.24, 2.45) is 11.8 Å². The highest BCUT2D eigenvalue weighted by Gasteiger charge is 2.18. The van der Waals surface area contributed by atoms with Crippen molar-refractivity contribution in [1.82, 2.24) is 0 Å². The zero-order valence-corrected chi connectivity index (χ0v) is 5.75. The molecule has 0 aromatic heterocycles. The molecule has 1 aliphatic carbocycles. The number of hydrogen-bond acceptors (Lipinski definition) is 3. The van der Waals surface area contributed by atoms with E-state index in [1.165, 1.54) is 0 Å². The van der Waals surface area contributed by atoms with Gasteiger partial charge in [-0.05, 0) is 19.3 Å². The summed E-state index contributed by atoms with van der Waals surface area (Å²) in [5, 5.41) is 0. The van der Waals surface area contributed by atoms with Crippen LogP contribution in [0.5, 0.6) is 0 Å². The van der Waals surface area contributed by atoms with Crippen LogP contribution in [0.1, 0.15) is 19.3 Å². The lowest BCUT2D eigenvalue weighted by atomic mass is 9.95. The van der Waals surface area contributed by atoms with Crippen LogP contribution in [-0.2, 0) is 9.63 Å². The van der Waals surface area contributed by atoms with Gasteiger partial charge in [-0.25, -0.2) is 0 Å². The third-order valence-electron chi connectivity index (χ3n) is 1.72. The zero-order chi connectivity index (χ0) is 7.40. The van der Waals surface area contributed by atoms with E-state index in [1.807, 2.05) is 6.08 Å². The topological polar surface area (TPSA) is 52.3 Å². The lowest BCUT2D eigenvalue weighted by Gasteiger charge is -2.13. The van der Waals surface area contributed by atoms with Gasteiger partial charge in [-0.2, -0.15) is 5.90 Å². The van der Waals surface area contributed by atoms with Crippen molar-refractivity contribution in [3.8, 4) is 0 Å². The molecule has 0 saturated carbocycles. The Morgan fingerprint density at radius 2 is 2.40 bits per heavy atom. The predicted molar refractivity (Wildman–Crippen MR) is 36.8 cm³/mol. The van der Waals surface area contributed by atoms with E-state index in [4.69, 9.17) is 5.90 Å². The fourth-order valence-corrected chi connectivity index (χ4v) is 1.10. The van der Waals surface area contributed by atoms with Crippen LogP contribution in [0.25, 0.3) is 0 Å². The lowest BCUT2D eigenvalue weighted by Crippen LogP contribution is -2.21. The molecule has 1 atom stereocenters. The molecule has 0 bridgehead atoms. The monoisotopic (exact) mass is 141 g/mol. The lowest BCUT2D eigenvalue weighted by molar-refractivity contribution is -0.149. The Bertz CT molecular complexity index is 154. The van der Waals surface area contributed by atoms with Gasteiger partial charge in [-0.3, -0.25) is 4.79 Å². The molecule has 2 N–H and O–H groups in total. The maximum absolute atomic E-state index is 10.8. The molecule has 3 nitrogen and oxygen atoms in total. The summed E-state index contributed by atoms with van der Waals surface area (Å²) in [6, 6.07) is 0. The molecule has 10 heavy (non-hydrogen) atoms. The number of carbonyl (C=O) groups is 1. The first-order chi connectivity index (χ1) is 4.84. The molecule has 0 aromatic carbocycles. The largest absolute Gasteiger partial charge is 0.373 e. The van der Waals surface area contributed by atoms with Gasteiger partial charge in [0.2, 0.25) is 0 Å². The summed E-state index contributed by atoms with van der Waals surface area (Å²) in [6.07, 6.45) is 6.66. The van der Waals surface area contributed by atoms with Crippen molar-refractivity contribution >= 4 is 5.97 Å². The predicted octanol–water partition coefficient (Wildman–Crippen LogP) is 0.760. The van der Waals surface area contributed by atoms with Gasteiger partial charge in [0, 0.05) is 0 Å². The minimum Gasteiger partial charge on any atom is -0.373 e. The maximum atomic E-state index is 10.8. The molecule has 1 rings (SSSR count). The Labute approximate surface area is 59.8 Å². The minimum atomic E-state index is -0.288. The highest BCUT2D eigenvalue weighted by molar-refractivity contribution is 5.72. The van der Waals surface area contributed by atoms with Gasteiger partial charge in [0.1, 0.15) is 0 Å². The molecule has 0 aliphatic heterocycles. The fraction of sp³-hybridized carbons (Fsp3) is 0.571. The average molecular weight is 141 g/mol. The Morgan fingerprint density at radius 3 is 2.90 bits per heavy atom. The van der Waals surface area contributed by atoms with Crippen LogP contribution in [-0.4, -0.2) is 5.97 Å². The van der Waals surface area contributed by atoms with Gasteiger partial charge >= 0.3 is 5.97 Å². The Balaban J connectivity index is 2.41. The highest BCUT2D eigenvalue weighted by Crippen LogP contribution is 2.18. The number of nitrogens with two attached hydrogens (primary N) is 1. The van der Waals surface area contributed by atoms with Gasteiger partial charge in [0.25, 0.3) is 0 Å². The number of carbonyl (C=O) groups excluding carboxylic acids is 1. The Hall–Kier alpha value is -0.830. The van der Waals surface area contributed by atoms with Gasteiger partial charge < -0.3 is 4.84 Å². The summed E-state index contributed by atoms with van der Waals surface area (Å²) in [5.41, 5.74) is 0. The van der Waals surface area contributed by atoms with E-state index in [0.29, 0.717) is 0 Å². The van der Waals surface area contributed by atoms with Crippen LogP contribution >= 0.6 is 0 Å². The molecule has 0 heterocycles. The second-order valence-corrected chi connectivity index (χ2v) is 2.42. The van der Waals surface area contributed by atoms with Crippen molar-refractivity contribution in [2.45, 2.75) is 19.3 Å². The summed E-state index contributed by atoms with van der Waals surface area (Å²) in [7, 11) is 0. The minimum absolute atomic E-state index is 0.00463. The first kappa shape index (κ1) is 7.28. The van der Waals surface area contributed by atoms with E-state index in [0.717, 1.165) is 19.3 Å². The molecule has 0 fully saturated rings. The molecule has 0 amide bonds. The summed E-state index contributed by atoms with van der Waals surface area (Å²) >= 11 is 0. The second-order valence-electron chi connectivity index (χ2n) is 2.42. The van der Waals surface area contributed by atoms with Crippen molar-refractivity contribution in [3.63, 3.8) is 0 Å². The number of allylic oxidation sites excluding steroid dienone is 2. The molecule has 3 heteroatoms. The molecule has 1 aliphatic rings. The van der Waals surface area contributed by atoms with Crippen molar-refractivity contribution in [2.75, 3.05) is 0 Å². The Kier molecular flexibility index (Phi) is 2.45. The molecule has 0 unspecified atom stereocenters. The number of rotatable bonds is 1. The molecule has 0 spiro atoms. The van der Waals surface area contributed by atoms with Crippen LogP contribution in [0.3, 0.4) is 0 Å². The molecular formula is C7H11NO2. The first-order valence-electron chi connectivity index (χ1n) is 3.40. The highest BCUT2D eigenvalue weighted by atomic mass is 16.7. The average Bonchev–Trinajstić information content (AvgIpc) is 2.05. The Morgan fingerprint density at radius 1 is 1.60 bits per heavy atom. The summed E-state index contributed by atoms with van der Waals surface area (Å²) in [6.45, 7) is 0. The van der Waals surface area contributed by atoms with E-state index in [-0.39, 0.29) is 11.9 Å². The van der Waals surface area contributed by atoms with E-state index in [9.17, 15) is 4.79 Å². The summed E-state index contributed by atoms with van der Waals surface area (Å²) < 4.78 is 0. The molecular weight excluding hydrogens is 130 g/mol. The zero-order valence-electron chi connectivity index (χ0n) is 5.75. The van der Waals surface area contributed by atoms with Crippen LogP contribution in [0.4, 0.5) is 0 Å². The van der Waals surface area contributed by atoms with Crippen molar-refractivity contribution in [3.05, 3.63) is 12.2 Å². The normalized spacial score (nSPS) is 24.3. The van der Waals surface area contributed by atoms with Gasteiger partial charge in [0.05, 0.1) is 5.92 Å². The van der Waals surface area contributed by atoms with Crippen LogP contribution < -0.4 is 5.90 Å². The first-order valence-corrected chi connectivity index (χ1v) is 3.40. The van der Waals surface area contributed by atoms with Crippen LogP contribution in [0.15, 0.2) is 12.2 Å². The number of hydrogen-bond donors (Lipinski definition) is 1. The van der Waals surface area contributed by atoms with E-state index >= 15 is 0 Å². The van der Waals surface area contributed by atoms with Crippen LogP contribution in [0.2, 0.25) is 0 Å². The maximum Gasteiger partial charge on any atom is 0.327 e. The van der Waals surface area contributed by atoms with Gasteiger partial charge in [-0.1, -0.05) is 12.2 Å². The van der Waals surface area contributed by atoms with E-state index in [1.54, 1.807) is 0 Å². The van der Waals surface area contributed by atoms with E-state index in [2.05, 4.69) is 10.9 Å². The molecule has 56 valence electrons. The van der Waals surface area contributed by atoms with Crippen LogP contribution in [0, 0.1) is 5.92 Å². The molecule has 0 aromatic rings. The smallest absolute Gasteiger partial charge is 0.327 e. The second kappa shape index (κ2) is 3.37. The molecule has 0 radical (unpaired) electrons. The van der Waals surface area contributed by atoms with Gasteiger partial charge in [0.15, 0.2) is 0 Å². The third kappa shape index (κ3) is 1.57. The van der Waals surface area contributed by atoms with Gasteiger partial charge in [-0.15, -0.1) is 0 Å².